The Bertz CT molecular complexity index is 658. The molecule has 1 atom stereocenters. The van der Waals surface area contributed by atoms with Gasteiger partial charge in [-0.15, -0.1) is 0 Å². The van der Waals surface area contributed by atoms with Gasteiger partial charge >= 0.3 is 0 Å². The molecule has 1 aliphatic rings. The summed E-state index contributed by atoms with van der Waals surface area (Å²) in [5, 5.41) is 8.32. The molecule has 1 unspecified atom stereocenters. The smallest absolute Gasteiger partial charge is 0.276 e. The number of rotatable bonds is 3. The zero-order valence-electron chi connectivity index (χ0n) is 12.7. The molecular weight excluding hydrogens is 268 g/mol. The fraction of sp³-hybridized carbons (Fsp3) is 0.533. The Kier molecular flexibility index (Phi) is 3.53. The number of hydrogen-bond acceptors (Lipinski definition) is 4. The maximum atomic E-state index is 12.5. The zero-order chi connectivity index (χ0) is 15.0. The molecule has 0 aromatic carbocycles. The van der Waals surface area contributed by atoms with Gasteiger partial charge in [-0.05, 0) is 39.7 Å². The summed E-state index contributed by atoms with van der Waals surface area (Å²) in [6.45, 7) is 7.33. The second-order valence-electron chi connectivity index (χ2n) is 5.73. The van der Waals surface area contributed by atoms with Crippen molar-refractivity contribution in [2.45, 2.75) is 46.2 Å². The normalized spacial score (nSPS) is 18.4. The van der Waals surface area contributed by atoms with Crippen LogP contribution in [-0.2, 0) is 6.54 Å². The third kappa shape index (κ3) is 2.70. The molecule has 3 heterocycles. The van der Waals surface area contributed by atoms with Crippen LogP contribution in [0.1, 0.15) is 40.5 Å². The van der Waals surface area contributed by atoms with E-state index in [9.17, 15) is 4.79 Å². The lowest BCUT2D eigenvalue weighted by molar-refractivity contribution is 0.0710. The SMILES string of the molecule is Cc1cc(C)n(CC2CCCN2C(=O)c2cc(C)on2)n1. The van der Waals surface area contributed by atoms with Gasteiger partial charge in [-0.3, -0.25) is 9.48 Å². The van der Waals surface area contributed by atoms with Gasteiger partial charge in [0.1, 0.15) is 5.76 Å². The molecule has 0 bridgehead atoms. The lowest BCUT2D eigenvalue weighted by Crippen LogP contribution is -2.38. The van der Waals surface area contributed by atoms with E-state index in [1.165, 1.54) is 0 Å². The summed E-state index contributed by atoms with van der Waals surface area (Å²) in [7, 11) is 0. The highest BCUT2D eigenvalue weighted by molar-refractivity contribution is 5.92. The fourth-order valence-corrected chi connectivity index (χ4v) is 2.97. The molecule has 112 valence electrons. The van der Waals surface area contributed by atoms with Crippen LogP contribution in [0.25, 0.3) is 0 Å². The van der Waals surface area contributed by atoms with Gasteiger partial charge in [0.15, 0.2) is 5.69 Å². The number of likely N-dealkylation sites (tertiary alicyclic amines) is 1. The van der Waals surface area contributed by atoms with Crippen LogP contribution >= 0.6 is 0 Å². The highest BCUT2D eigenvalue weighted by atomic mass is 16.5. The van der Waals surface area contributed by atoms with Crippen molar-refractivity contribution in [2.75, 3.05) is 6.54 Å². The number of aromatic nitrogens is 3. The van der Waals surface area contributed by atoms with Crippen LogP contribution in [0.2, 0.25) is 0 Å². The molecule has 1 saturated heterocycles. The van der Waals surface area contributed by atoms with Crippen LogP contribution in [0.4, 0.5) is 0 Å². The average molecular weight is 288 g/mol. The number of hydrogen-bond donors (Lipinski definition) is 0. The monoisotopic (exact) mass is 288 g/mol. The third-order valence-electron chi connectivity index (χ3n) is 3.97. The second-order valence-corrected chi connectivity index (χ2v) is 5.73. The molecule has 0 saturated carbocycles. The van der Waals surface area contributed by atoms with E-state index < -0.39 is 0 Å². The van der Waals surface area contributed by atoms with Gasteiger partial charge in [0.2, 0.25) is 0 Å². The van der Waals surface area contributed by atoms with Crippen LogP contribution in [0.5, 0.6) is 0 Å². The minimum absolute atomic E-state index is 0.0455. The third-order valence-corrected chi connectivity index (χ3v) is 3.97. The molecule has 2 aromatic heterocycles. The summed E-state index contributed by atoms with van der Waals surface area (Å²) in [5.41, 5.74) is 2.53. The molecule has 21 heavy (non-hydrogen) atoms. The Morgan fingerprint density at radius 3 is 2.81 bits per heavy atom. The van der Waals surface area contributed by atoms with Crippen LogP contribution < -0.4 is 0 Å². The van der Waals surface area contributed by atoms with Gasteiger partial charge in [-0.1, -0.05) is 5.16 Å². The van der Waals surface area contributed by atoms with Gasteiger partial charge < -0.3 is 9.42 Å². The minimum atomic E-state index is -0.0455. The first-order valence-electron chi connectivity index (χ1n) is 7.30. The lowest BCUT2D eigenvalue weighted by Gasteiger charge is -2.24. The van der Waals surface area contributed by atoms with Gasteiger partial charge in [0, 0.05) is 18.3 Å². The zero-order valence-corrected chi connectivity index (χ0v) is 12.7. The van der Waals surface area contributed by atoms with Gasteiger partial charge in [0.05, 0.1) is 18.3 Å². The molecule has 3 rings (SSSR count). The quantitative estimate of drug-likeness (QED) is 0.867. The summed E-state index contributed by atoms with van der Waals surface area (Å²) in [6.07, 6.45) is 2.02. The highest BCUT2D eigenvalue weighted by Gasteiger charge is 2.31. The topological polar surface area (TPSA) is 64.2 Å². The van der Waals surface area contributed by atoms with E-state index in [2.05, 4.69) is 16.3 Å². The number of carbonyl (C=O) groups excluding carboxylic acids is 1. The summed E-state index contributed by atoms with van der Waals surface area (Å²) >= 11 is 0. The Labute approximate surface area is 123 Å². The number of aryl methyl sites for hydroxylation is 3. The van der Waals surface area contributed by atoms with Crippen LogP contribution in [0, 0.1) is 20.8 Å². The largest absolute Gasteiger partial charge is 0.361 e. The predicted octanol–water partition coefficient (Wildman–Crippen LogP) is 2.10. The predicted molar refractivity (Wildman–Crippen MR) is 77.0 cm³/mol. The van der Waals surface area contributed by atoms with Crippen molar-refractivity contribution in [3.8, 4) is 0 Å². The minimum Gasteiger partial charge on any atom is -0.361 e. The number of amides is 1. The first kappa shape index (κ1) is 13.9. The molecule has 6 nitrogen and oxygen atoms in total. The van der Waals surface area contributed by atoms with E-state index in [1.807, 2.05) is 23.4 Å². The average Bonchev–Trinajstić information content (AvgIpc) is 3.12. The Morgan fingerprint density at radius 1 is 1.38 bits per heavy atom. The van der Waals surface area contributed by atoms with Crippen molar-refractivity contribution < 1.29 is 9.32 Å². The summed E-state index contributed by atoms with van der Waals surface area (Å²) in [5.74, 6) is 0.614. The van der Waals surface area contributed by atoms with Crippen molar-refractivity contribution in [1.82, 2.24) is 19.8 Å². The Hall–Kier alpha value is -2.11. The first-order valence-corrected chi connectivity index (χ1v) is 7.30. The molecule has 0 N–H and O–H groups in total. The number of carbonyl (C=O) groups is 1. The lowest BCUT2D eigenvalue weighted by atomic mass is 10.2. The van der Waals surface area contributed by atoms with Crippen molar-refractivity contribution >= 4 is 5.91 Å². The van der Waals surface area contributed by atoms with Crippen molar-refractivity contribution in [1.29, 1.82) is 0 Å². The maximum absolute atomic E-state index is 12.5. The van der Waals surface area contributed by atoms with Gasteiger partial charge in [0.25, 0.3) is 5.91 Å². The summed E-state index contributed by atoms with van der Waals surface area (Å²) in [4.78, 5) is 14.4. The van der Waals surface area contributed by atoms with Gasteiger partial charge in [-0.25, -0.2) is 0 Å². The van der Waals surface area contributed by atoms with Crippen LogP contribution in [0.3, 0.4) is 0 Å². The number of nitrogens with zero attached hydrogens (tertiary/aromatic N) is 4. The fourth-order valence-electron chi connectivity index (χ4n) is 2.97. The van der Waals surface area contributed by atoms with Crippen LogP contribution in [0.15, 0.2) is 16.7 Å². The van der Waals surface area contributed by atoms with E-state index in [0.717, 1.165) is 37.3 Å². The van der Waals surface area contributed by atoms with Crippen LogP contribution in [-0.4, -0.2) is 38.3 Å². The van der Waals surface area contributed by atoms with E-state index in [-0.39, 0.29) is 11.9 Å². The molecule has 1 aliphatic heterocycles. The van der Waals surface area contributed by atoms with Crippen molar-refractivity contribution in [3.05, 3.63) is 35.0 Å². The highest BCUT2D eigenvalue weighted by Crippen LogP contribution is 2.22. The summed E-state index contributed by atoms with van der Waals surface area (Å²) in [6, 6.07) is 3.93. The Morgan fingerprint density at radius 2 is 2.19 bits per heavy atom. The molecular formula is C15H20N4O2. The molecule has 2 aromatic rings. The first-order chi connectivity index (χ1) is 10.0. The van der Waals surface area contributed by atoms with E-state index in [4.69, 9.17) is 4.52 Å². The second kappa shape index (κ2) is 5.35. The molecule has 1 amide bonds. The van der Waals surface area contributed by atoms with Gasteiger partial charge in [-0.2, -0.15) is 5.10 Å². The van der Waals surface area contributed by atoms with Crippen molar-refractivity contribution in [3.63, 3.8) is 0 Å². The molecule has 0 spiro atoms. The van der Waals surface area contributed by atoms with E-state index in [0.29, 0.717) is 11.5 Å². The summed E-state index contributed by atoms with van der Waals surface area (Å²) < 4.78 is 6.99. The van der Waals surface area contributed by atoms with E-state index in [1.54, 1.807) is 13.0 Å². The maximum Gasteiger partial charge on any atom is 0.276 e. The molecule has 0 aliphatic carbocycles. The molecule has 1 fully saturated rings. The Balaban J connectivity index is 1.76. The van der Waals surface area contributed by atoms with E-state index >= 15 is 0 Å². The standard InChI is InChI=1S/C15H20N4O2/c1-10-7-11(2)19(16-10)9-13-5-4-6-18(13)15(20)14-8-12(3)21-17-14/h7-8,13H,4-6,9H2,1-3H3. The molecule has 0 radical (unpaired) electrons. The van der Waals surface area contributed by atoms with Crippen molar-refractivity contribution in [2.24, 2.45) is 0 Å². The molecule has 6 heteroatoms.